The fraction of sp³-hybridized carbons (Fsp3) is 0.0500. The third kappa shape index (κ3) is 3.90. The monoisotopic (exact) mass is 332 g/mol. The van der Waals surface area contributed by atoms with Crippen LogP contribution in [0.5, 0.6) is 0 Å². The number of hydrogen-bond acceptors (Lipinski definition) is 3. The van der Waals surface area contributed by atoms with Gasteiger partial charge in [-0.25, -0.2) is 0 Å². The van der Waals surface area contributed by atoms with E-state index in [1.807, 2.05) is 24.3 Å². The molecule has 3 rings (SSSR count). The van der Waals surface area contributed by atoms with Crippen molar-refractivity contribution in [2.75, 3.05) is 5.32 Å². The summed E-state index contributed by atoms with van der Waals surface area (Å²) in [6, 6.07) is 15.8. The van der Waals surface area contributed by atoms with E-state index in [0.717, 1.165) is 10.9 Å². The highest BCUT2D eigenvalue weighted by Gasteiger charge is 2.03. The van der Waals surface area contributed by atoms with Gasteiger partial charge in [0.1, 0.15) is 0 Å². The average Bonchev–Trinajstić information content (AvgIpc) is 2.60. The fourth-order valence-corrected chi connectivity index (χ4v) is 2.43. The molecule has 0 spiro atoms. The minimum Gasteiger partial charge on any atom is -0.323 e. The summed E-state index contributed by atoms with van der Waals surface area (Å²) in [4.78, 5) is 38.0. The standard InChI is InChI=1S/C20H16N2O3/c1-13(23)14-6-9-17(10-7-14)21-19(24)11-8-16-12-15-4-2-3-5-18(15)22-20(16)25/h2-12H,1H3,(H,21,24)(H,22,25)/b11-8+. The number of ketones is 1. The molecular formula is C20H16N2O3. The summed E-state index contributed by atoms with van der Waals surface area (Å²) in [5.41, 5.74) is 2.05. The molecule has 3 aromatic rings. The number of amides is 1. The Morgan fingerprint density at radius 2 is 1.76 bits per heavy atom. The molecule has 1 heterocycles. The zero-order valence-electron chi connectivity index (χ0n) is 13.6. The largest absolute Gasteiger partial charge is 0.323 e. The number of aromatic amines is 1. The quantitative estimate of drug-likeness (QED) is 0.568. The van der Waals surface area contributed by atoms with Gasteiger partial charge in [-0.15, -0.1) is 0 Å². The van der Waals surface area contributed by atoms with Gasteiger partial charge in [0.05, 0.1) is 0 Å². The molecule has 25 heavy (non-hydrogen) atoms. The molecule has 0 radical (unpaired) electrons. The van der Waals surface area contributed by atoms with E-state index >= 15 is 0 Å². The number of H-pyrrole nitrogens is 1. The number of nitrogens with one attached hydrogen (secondary N) is 2. The summed E-state index contributed by atoms with van der Waals surface area (Å²) in [6.45, 7) is 1.48. The first-order chi connectivity index (χ1) is 12.0. The van der Waals surface area contributed by atoms with Crippen molar-refractivity contribution in [2.24, 2.45) is 0 Å². The van der Waals surface area contributed by atoms with Gasteiger partial charge in [-0.3, -0.25) is 14.4 Å². The molecule has 0 aliphatic heterocycles. The van der Waals surface area contributed by atoms with E-state index in [-0.39, 0.29) is 17.2 Å². The molecule has 0 bridgehead atoms. The van der Waals surface area contributed by atoms with E-state index in [0.29, 0.717) is 16.8 Å². The number of fused-ring (bicyclic) bond motifs is 1. The number of aromatic nitrogens is 1. The SMILES string of the molecule is CC(=O)c1ccc(NC(=O)/C=C/c2cc3ccccc3[nH]c2=O)cc1. The topological polar surface area (TPSA) is 79.0 Å². The van der Waals surface area contributed by atoms with Crippen molar-refractivity contribution in [3.63, 3.8) is 0 Å². The molecule has 1 amide bonds. The number of anilines is 1. The maximum Gasteiger partial charge on any atom is 0.255 e. The Balaban J connectivity index is 1.75. The van der Waals surface area contributed by atoms with Gasteiger partial charge >= 0.3 is 0 Å². The van der Waals surface area contributed by atoms with Gasteiger partial charge in [-0.2, -0.15) is 0 Å². The van der Waals surface area contributed by atoms with Crippen molar-refractivity contribution in [2.45, 2.75) is 6.92 Å². The predicted molar refractivity (Wildman–Crippen MR) is 98.7 cm³/mol. The Bertz CT molecular complexity index is 1030. The van der Waals surface area contributed by atoms with Crippen molar-refractivity contribution >= 4 is 34.4 Å². The van der Waals surface area contributed by atoms with Crippen LogP contribution in [0.25, 0.3) is 17.0 Å². The van der Waals surface area contributed by atoms with Gasteiger partial charge in [0.25, 0.3) is 5.56 Å². The summed E-state index contributed by atoms with van der Waals surface area (Å²) in [5.74, 6) is -0.392. The molecule has 0 saturated heterocycles. The fourth-order valence-electron chi connectivity index (χ4n) is 2.43. The summed E-state index contributed by atoms with van der Waals surface area (Å²) < 4.78 is 0. The van der Waals surface area contributed by atoms with Gasteiger partial charge in [0.15, 0.2) is 5.78 Å². The van der Waals surface area contributed by atoms with E-state index < -0.39 is 0 Å². The molecule has 1 aromatic heterocycles. The Morgan fingerprint density at radius 3 is 2.48 bits per heavy atom. The van der Waals surface area contributed by atoms with Crippen LogP contribution < -0.4 is 10.9 Å². The highest BCUT2D eigenvalue weighted by atomic mass is 16.1. The Kier molecular flexibility index (Phi) is 4.57. The molecular weight excluding hydrogens is 316 g/mol. The number of benzene rings is 2. The predicted octanol–water partition coefficient (Wildman–Crippen LogP) is 3.38. The van der Waals surface area contributed by atoms with Crippen LogP contribution in [0.15, 0.2) is 65.5 Å². The van der Waals surface area contributed by atoms with E-state index in [1.54, 1.807) is 30.3 Å². The number of carbonyl (C=O) groups excluding carboxylic acids is 2. The molecule has 0 fully saturated rings. The van der Waals surface area contributed by atoms with Gasteiger partial charge in [-0.05, 0) is 54.8 Å². The summed E-state index contributed by atoms with van der Waals surface area (Å²) in [7, 11) is 0. The van der Waals surface area contributed by atoms with Crippen LogP contribution in [0.4, 0.5) is 5.69 Å². The molecule has 5 heteroatoms. The first-order valence-corrected chi connectivity index (χ1v) is 7.75. The van der Waals surface area contributed by atoms with Crippen molar-refractivity contribution in [3.8, 4) is 0 Å². The zero-order valence-corrected chi connectivity index (χ0v) is 13.6. The highest BCUT2D eigenvalue weighted by molar-refractivity contribution is 6.02. The van der Waals surface area contributed by atoms with Gasteiger partial charge in [0.2, 0.25) is 5.91 Å². The minimum absolute atomic E-state index is 0.0340. The molecule has 124 valence electrons. The Hall–Kier alpha value is -3.47. The normalized spacial score (nSPS) is 10.9. The van der Waals surface area contributed by atoms with Crippen molar-refractivity contribution in [3.05, 3.63) is 82.2 Å². The lowest BCUT2D eigenvalue weighted by atomic mass is 10.1. The van der Waals surface area contributed by atoms with Crippen LogP contribution in [0, 0.1) is 0 Å². The third-order valence-electron chi connectivity index (χ3n) is 3.76. The molecule has 0 unspecified atom stereocenters. The molecule has 0 saturated carbocycles. The van der Waals surface area contributed by atoms with Gasteiger partial charge in [-0.1, -0.05) is 18.2 Å². The first-order valence-electron chi connectivity index (χ1n) is 7.75. The lowest BCUT2D eigenvalue weighted by molar-refractivity contribution is -0.111. The zero-order chi connectivity index (χ0) is 17.8. The molecule has 2 N–H and O–H groups in total. The minimum atomic E-state index is -0.358. The summed E-state index contributed by atoms with van der Waals surface area (Å²) in [6.07, 6.45) is 2.78. The number of para-hydroxylation sites is 1. The number of carbonyl (C=O) groups is 2. The third-order valence-corrected chi connectivity index (χ3v) is 3.76. The summed E-state index contributed by atoms with van der Waals surface area (Å²) in [5, 5.41) is 3.58. The molecule has 0 aliphatic rings. The highest BCUT2D eigenvalue weighted by Crippen LogP contribution is 2.12. The smallest absolute Gasteiger partial charge is 0.255 e. The van der Waals surface area contributed by atoms with E-state index in [1.165, 1.54) is 19.1 Å². The molecule has 2 aromatic carbocycles. The van der Waals surface area contributed by atoms with Crippen LogP contribution >= 0.6 is 0 Å². The van der Waals surface area contributed by atoms with Crippen molar-refractivity contribution in [1.82, 2.24) is 4.98 Å². The maximum atomic E-state index is 12.0. The lowest BCUT2D eigenvalue weighted by Gasteiger charge is -2.03. The van der Waals surface area contributed by atoms with Crippen molar-refractivity contribution in [1.29, 1.82) is 0 Å². The van der Waals surface area contributed by atoms with E-state index in [4.69, 9.17) is 0 Å². The maximum absolute atomic E-state index is 12.0. The van der Waals surface area contributed by atoms with Crippen LogP contribution in [-0.4, -0.2) is 16.7 Å². The van der Waals surface area contributed by atoms with E-state index in [2.05, 4.69) is 10.3 Å². The Labute approximate surface area is 144 Å². The van der Waals surface area contributed by atoms with Crippen molar-refractivity contribution < 1.29 is 9.59 Å². The number of Topliss-reactive ketones (excluding diaryl/α,β-unsaturated/α-hetero) is 1. The van der Waals surface area contributed by atoms with Crippen LogP contribution in [-0.2, 0) is 4.79 Å². The number of pyridine rings is 1. The number of hydrogen-bond donors (Lipinski definition) is 2. The summed E-state index contributed by atoms with van der Waals surface area (Å²) >= 11 is 0. The Morgan fingerprint density at radius 1 is 1.04 bits per heavy atom. The molecule has 5 nitrogen and oxygen atoms in total. The number of rotatable bonds is 4. The average molecular weight is 332 g/mol. The molecule has 0 aliphatic carbocycles. The van der Waals surface area contributed by atoms with Crippen LogP contribution in [0.1, 0.15) is 22.8 Å². The van der Waals surface area contributed by atoms with Gasteiger partial charge in [0, 0.05) is 28.4 Å². The lowest BCUT2D eigenvalue weighted by Crippen LogP contribution is -2.11. The van der Waals surface area contributed by atoms with Crippen LogP contribution in [0.3, 0.4) is 0 Å². The first kappa shape index (κ1) is 16.4. The molecule has 0 atom stereocenters. The second kappa shape index (κ2) is 6.97. The second-order valence-corrected chi connectivity index (χ2v) is 5.60. The van der Waals surface area contributed by atoms with Crippen LogP contribution in [0.2, 0.25) is 0 Å². The second-order valence-electron chi connectivity index (χ2n) is 5.60. The van der Waals surface area contributed by atoms with Gasteiger partial charge < -0.3 is 10.3 Å². The van der Waals surface area contributed by atoms with E-state index in [9.17, 15) is 14.4 Å².